The largest absolute Gasteiger partial charge is 0.496 e. The molecule has 1 aromatic carbocycles. The number of nitrogens with zero attached hydrogens (tertiary/aromatic N) is 4. The van der Waals surface area contributed by atoms with Crippen molar-refractivity contribution >= 4 is 22.8 Å². The Hall–Kier alpha value is -4.01. The third kappa shape index (κ3) is 3.90. The first kappa shape index (κ1) is 19.3. The third-order valence-electron chi connectivity index (χ3n) is 4.44. The minimum absolute atomic E-state index is 0.245. The second kappa shape index (κ2) is 8.16. The van der Waals surface area contributed by atoms with E-state index in [-0.39, 0.29) is 11.8 Å². The summed E-state index contributed by atoms with van der Waals surface area (Å²) in [4.78, 5) is 25.8. The zero-order valence-electron chi connectivity index (χ0n) is 16.7. The van der Waals surface area contributed by atoms with Gasteiger partial charge in [-0.1, -0.05) is 18.2 Å². The normalized spacial score (nSPS) is 11.8. The van der Waals surface area contributed by atoms with Crippen LogP contribution in [-0.2, 0) is 4.79 Å². The molecule has 1 atom stereocenters. The third-order valence-corrected chi connectivity index (χ3v) is 4.44. The van der Waals surface area contributed by atoms with E-state index >= 15 is 0 Å². The molecular formula is C21H20N6O3. The number of hydrogen-bond acceptors (Lipinski definition) is 7. The molecule has 3 aromatic heterocycles. The molecule has 0 unspecified atom stereocenters. The van der Waals surface area contributed by atoms with Crippen molar-refractivity contribution in [2.75, 3.05) is 12.4 Å². The van der Waals surface area contributed by atoms with E-state index < -0.39 is 6.10 Å². The zero-order chi connectivity index (χ0) is 21.1. The van der Waals surface area contributed by atoms with Crippen molar-refractivity contribution in [3.8, 4) is 23.0 Å². The maximum absolute atomic E-state index is 12.6. The topological polar surface area (TPSA) is 115 Å². The molecule has 3 heterocycles. The number of hydrogen-bond donors (Lipinski definition) is 2. The SMILES string of the molecule is COc1ccccc1-c1nc(O[C@H](C)C(=O)Nc2ccc(C)cn2)c2cn[nH]c2n1. The van der Waals surface area contributed by atoms with Gasteiger partial charge in [-0.15, -0.1) is 0 Å². The van der Waals surface area contributed by atoms with Crippen LogP contribution in [0.3, 0.4) is 0 Å². The lowest BCUT2D eigenvalue weighted by Gasteiger charge is -2.15. The zero-order valence-corrected chi connectivity index (χ0v) is 16.7. The summed E-state index contributed by atoms with van der Waals surface area (Å²) in [6.45, 7) is 3.56. The van der Waals surface area contributed by atoms with E-state index in [1.165, 1.54) is 0 Å². The smallest absolute Gasteiger partial charge is 0.266 e. The highest BCUT2D eigenvalue weighted by Crippen LogP contribution is 2.31. The number of benzene rings is 1. The van der Waals surface area contributed by atoms with Crippen molar-refractivity contribution in [3.63, 3.8) is 0 Å². The molecule has 0 radical (unpaired) electrons. The lowest BCUT2D eigenvalue weighted by Crippen LogP contribution is -2.30. The number of aromatic nitrogens is 5. The van der Waals surface area contributed by atoms with Gasteiger partial charge in [-0.2, -0.15) is 10.1 Å². The molecule has 1 amide bonds. The van der Waals surface area contributed by atoms with Gasteiger partial charge in [0.25, 0.3) is 5.91 Å². The van der Waals surface area contributed by atoms with Crippen LogP contribution in [0, 0.1) is 6.92 Å². The Kier molecular flexibility index (Phi) is 5.25. The van der Waals surface area contributed by atoms with E-state index in [4.69, 9.17) is 9.47 Å². The minimum atomic E-state index is -0.827. The second-order valence-corrected chi connectivity index (χ2v) is 6.66. The van der Waals surface area contributed by atoms with Crippen LogP contribution < -0.4 is 14.8 Å². The van der Waals surface area contributed by atoms with Crippen molar-refractivity contribution < 1.29 is 14.3 Å². The number of anilines is 1. The summed E-state index contributed by atoms with van der Waals surface area (Å²) >= 11 is 0. The van der Waals surface area contributed by atoms with Crippen molar-refractivity contribution in [1.29, 1.82) is 0 Å². The first-order valence-corrected chi connectivity index (χ1v) is 9.30. The number of carbonyl (C=O) groups is 1. The molecule has 0 saturated carbocycles. The molecule has 0 saturated heterocycles. The summed E-state index contributed by atoms with van der Waals surface area (Å²) in [6, 6.07) is 11.0. The number of nitrogens with one attached hydrogen (secondary N) is 2. The van der Waals surface area contributed by atoms with Crippen molar-refractivity contribution in [2.45, 2.75) is 20.0 Å². The standard InChI is InChI=1S/C21H20N6O3/c1-12-8-9-17(22-10-12)24-20(28)13(2)30-21-15-11-23-27-19(15)25-18(26-21)14-6-4-5-7-16(14)29-3/h4-11,13H,1-3H3,(H,22,24,28)(H,23,25,26,27)/t13-/m1/s1. The number of aryl methyl sites for hydroxylation is 1. The molecule has 0 aliphatic rings. The maximum atomic E-state index is 12.6. The monoisotopic (exact) mass is 404 g/mol. The number of rotatable bonds is 6. The predicted octanol–water partition coefficient (Wildman–Crippen LogP) is 3.14. The molecular weight excluding hydrogens is 384 g/mol. The fraction of sp³-hybridized carbons (Fsp3) is 0.190. The fourth-order valence-electron chi connectivity index (χ4n) is 2.84. The van der Waals surface area contributed by atoms with Gasteiger partial charge in [0.2, 0.25) is 5.88 Å². The van der Waals surface area contributed by atoms with Crippen molar-refractivity contribution in [3.05, 3.63) is 54.4 Å². The number of H-pyrrole nitrogens is 1. The van der Waals surface area contributed by atoms with Gasteiger partial charge >= 0.3 is 0 Å². The van der Waals surface area contributed by atoms with Gasteiger partial charge in [0.05, 0.1) is 18.9 Å². The Morgan fingerprint density at radius 3 is 2.73 bits per heavy atom. The molecule has 0 aliphatic carbocycles. The number of para-hydroxylation sites is 1. The van der Waals surface area contributed by atoms with Gasteiger partial charge in [0.15, 0.2) is 17.6 Å². The second-order valence-electron chi connectivity index (χ2n) is 6.66. The van der Waals surface area contributed by atoms with Gasteiger partial charge in [0.1, 0.15) is 17.0 Å². The van der Waals surface area contributed by atoms with E-state index in [9.17, 15) is 4.79 Å². The summed E-state index contributed by atoms with van der Waals surface area (Å²) in [7, 11) is 1.58. The molecule has 152 valence electrons. The molecule has 9 heteroatoms. The summed E-state index contributed by atoms with van der Waals surface area (Å²) in [5.74, 6) is 1.37. The molecule has 0 aliphatic heterocycles. The number of fused-ring (bicyclic) bond motifs is 1. The van der Waals surface area contributed by atoms with Crippen molar-refractivity contribution in [1.82, 2.24) is 25.1 Å². The molecule has 0 spiro atoms. The van der Waals surface area contributed by atoms with Crippen LogP contribution in [-0.4, -0.2) is 44.3 Å². The molecule has 2 N–H and O–H groups in total. The highest BCUT2D eigenvalue weighted by molar-refractivity contribution is 5.93. The first-order valence-electron chi connectivity index (χ1n) is 9.30. The highest BCUT2D eigenvalue weighted by atomic mass is 16.5. The Morgan fingerprint density at radius 2 is 1.97 bits per heavy atom. The number of ether oxygens (including phenoxy) is 2. The van der Waals surface area contributed by atoms with Gasteiger partial charge in [-0.3, -0.25) is 9.89 Å². The lowest BCUT2D eigenvalue weighted by molar-refractivity contribution is -0.122. The number of aromatic amines is 1. The van der Waals surface area contributed by atoms with Crippen LogP contribution in [0.1, 0.15) is 12.5 Å². The van der Waals surface area contributed by atoms with Gasteiger partial charge in [-0.05, 0) is 37.6 Å². The predicted molar refractivity (Wildman–Crippen MR) is 111 cm³/mol. The highest BCUT2D eigenvalue weighted by Gasteiger charge is 2.20. The van der Waals surface area contributed by atoms with E-state index in [2.05, 4.69) is 30.5 Å². The maximum Gasteiger partial charge on any atom is 0.266 e. The number of carbonyl (C=O) groups excluding carboxylic acids is 1. The van der Waals surface area contributed by atoms with Crippen LogP contribution in [0.5, 0.6) is 11.6 Å². The number of amides is 1. The Labute approximate surface area is 172 Å². The molecule has 0 bridgehead atoms. The fourth-order valence-corrected chi connectivity index (χ4v) is 2.84. The van der Waals surface area contributed by atoms with Crippen molar-refractivity contribution in [2.24, 2.45) is 0 Å². The summed E-state index contributed by atoms with van der Waals surface area (Å²) < 4.78 is 11.3. The van der Waals surface area contributed by atoms with Gasteiger partial charge < -0.3 is 14.8 Å². The number of methoxy groups -OCH3 is 1. The Balaban J connectivity index is 1.62. The number of pyridine rings is 1. The molecule has 30 heavy (non-hydrogen) atoms. The van der Waals surface area contributed by atoms with Crippen LogP contribution >= 0.6 is 0 Å². The van der Waals surface area contributed by atoms with Gasteiger partial charge in [-0.25, -0.2) is 9.97 Å². The summed E-state index contributed by atoms with van der Waals surface area (Å²) in [5, 5.41) is 10.1. The average molecular weight is 404 g/mol. The summed E-state index contributed by atoms with van der Waals surface area (Å²) in [5.41, 5.74) is 2.19. The van der Waals surface area contributed by atoms with E-state index in [1.54, 1.807) is 32.5 Å². The lowest BCUT2D eigenvalue weighted by atomic mass is 10.2. The summed E-state index contributed by atoms with van der Waals surface area (Å²) in [6.07, 6.45) is 2.41. The van der Waals surface area contributed by atoms with E-state index in [1.807, 2.05) is 37.3 Å². The Bertz CT molecular complexity index is 1190. The molecule has 4 aromatic rings. The van der Waals surface area contributed by atoms with Crippen LogP contribution in [0.2, 0.25) is 0 Å². The first-order chi connectivity index (χ1) is 14.5. The molecule has 0 fully saturated rings. The van der Waals surface area contributed by atoms with E-state index in [0.29, 0.717) is 34.0 Å². The average Bonchev–Trinajstić information content (AvgIpc) is 3.24. The minimum Gasteiger partial charge on any atom is -0.496 e. The molecule has 4 rings (SSSR count). The Morgan fingerprint density at radius 1 is 1.13 bits per heavy atom. The molecule has 9 nitrogen and oxygen atoms in total. The van der Waals surface area contributed by atoms with Crippen LogP contribution in [0.25, 0.3) is 22.4 Å². The van der Waals surface area contributed by atoms with Crippen LogP contribution in [0.15, 0.2) is 48.8 Å². The van der Waals surface area contributed by atoms with E-state index in [0.717, 1.165) is 5.56 Å². The van der Waals surface area contributed by atoms with Crippen LogP contribution in [0.4, 0.5) is 5.82 Å². The quantitative estimate of drug-likeness (QED) is 0.507. The van der Waals surface area contributed by atoms with Gasteiger partial charge in [0, 0.05) is 6.20 Å².